The van der Waals surface area contributed by atoms with Crippen LogP contribution in [0.1, 0.15) is 23.2 Å². The topological polar surface area (TPSA) is 110 Å². The fourth-order valence-corrected chi connectivity index (χ4v) is 5.30. The number of rotatable bonds is 5. The zero-order valence-electron chi connectivity index (χ0n) is 16.8. The summed E-state index contributed by atoms with van der Waals surface area (Å²) in [6.07, 6.45) is 0.885. The lowest BCUT2D eigenvalue weighted by Crippen LogP contribution is -2.41. The van der Waals surface area contributed by atoms with E-state index in [9.17, 15) is 18.0 Å². The number of carbonyl (C=O) groups excluding carboxylic acids is 2. The van der Waals surface area contributed by atoms with E-state index in [1.54, 1.807) is 36.4 Å². The van der Waals surface area contributed by atoms with Gasteiger partial charge in [0.05, 0.1) is 4.90 Å². The van der Waals surface area contributed by atoms with Crippen LogP contribution in [0.4, 0.5) is 5.69 Å². The highest BCUT2D eigenvalue weighted by Crippen LogP contribution is 2.27. The van der Waals surface area contributed by atoms with Gasteiger partial charge in [-0.15, -0.1) is 0 Å². The molecule has 0 spiro atoms. The second-order valence-electron chi connectivity index (χ2n) is 7.62. The van der Waals surface area contributed by atoms with Crippen molar-refractivity contribution >= 4 is 38.3 Å². The van der Waals surface area contributed by atoms with Crippen molar-refractivity contribution in [1.82, 2.24) is 4.31 Å². The highest BCUT2D eigenvalue weighted by atomic mass is 32.2. The number of benzene rings is 3. The summed E-state index contributed by atoms with van der Waals surface area (Å²) in [6, 6.07) is 19.1. The van der Waals surface area contributed by atoms with Crippen LogP contribution in [0.15, 0.2) is 71.6 Å². The first-order valence-electron chi connectivity index (χ1n) is 10.0. The molecule has 0 saturated carbocycles. The van der Waals surface area contributed by atoms with Gasteiger partial charge in [-0.3, -0.25) is 9.59 Å². The van der Waals surface area contributed by atoms with Gasteiger partial charge in [0.15, 0.2) is 0 Å². The normalized spacial score (nSPS) is 15.6. The predicted molar refractivity (Wildman–Crippen MR) is 119 cm³/mol. The molecule has 0 unspecified atom stereocenters. The van der Waals surface area contributed by atoms with Crippen LogP contribution < -0.4 is 11.1 Å². The zero-order chi connectivity index (χ0) is 22.0. The van der Waals surface area contributed by atoms with Crippen LogP contribution in [0.2, 0.25) is 0 Å². The second-order valence-corrected chi connectivity index (χ2v) is 9.56. The van der Waals surface area contributed by atoms with Gasteiger partial charge in [0.25, 0.3) is 0 Å². The third kappa shape index (κ3) is 4.45. The van der Waals surface area contributed by atoms with Gasteiger partial charge in [0.2, 0.25) is 21.8 Å². The number of piperidine rings is 1. The molecule has 2 amide bonds. The molecule has 31 heavy (non-hydrogen) atoms. The maximum absolute atomic E-state index is 13.1. The minimum Gasteiger partial charge on any atom is -0.366 e. The number of nitrogens with one attached hydrogen (secondary N) is 1. The van der Waals surface area contributed by atoms with Crippen molar-refractivity contribution in [3.63, 3.8) is 0 Å². The molecule has 4 rings (SSSR count). The van der Waals surface area contributed by atoms with E-state index in [2.05, 4.69) is 5.32 Å². The highest BCUT2D eigenvalue weighted by Gasteiger charge is 2.32. The Morgan fingerprint density at radius 3 is 2.19 bits per heavy atom. The summed E-state index contributed by atoms with van der Waals surface area (Å²) in [5.74, 6) is -0.966. The van der Waals surface area contributed by atoms with Crippen molar-refractivity contribution in [3.8, 4) is 0 Å². The lowest BCUT2D eigenvalue weighted by molar-refractivity contribution is -0.120. The number of hydrogen-bond acceptors (Lipinski definition) is 4. The summed E-state index contributed by atoms with van der Waals surface area (Å²) in [4.78, 5) is 24.0. The summed E-state index contributed by atoms with van der Waals surface area (Å²) in [6.45, 7) is 0.571. The van der Waals surface area contributed by atoms with Crippen LogP contribution in [0.3, 0.4) is 0 Å². The van der Waals surface area contributed by atoms with E-state index in [4.69, 9.17) is 5.73 Å². The molecule has 0 bridgehead atoms. The number of amides is 2. The van der Waals surface area contributed by atoms with E-state index >= 15 is 0 Å². The number of hydrogen-bond donors (Lipinski definition) is 2. The molecule has 0 aromatic heterocycles. The Labute approximate surface area is 180 Å². The van der Waals surface area contributed by atoms with Gasteiger partial charge in [-0.25, -0.2) is 8.42 Å². The number of carbonyl (C=O) groups is 2. The van der Waals surface area contributed by atoms with Gasteiger partial charge in [0.1, 0.15) is 0 Å². The molecule has 0 radical (unpaired) electrons. The van der Waals surface area contributed by atoms with Crippen molar-refractivity contribution in [2.24, 2.45) is 11.7 Å². The molecule has 1 fully saturated rings. The molecule has 3 aromatic carbocycles. The Morgan fingerprint density at radius 2 is 1.55 bits per heavy atom. The minimum atomic E-state index is -3.62. The van der Waals surface area contributed by atoms with E-state index in [0.717, 1.165) is 10.8 Å². The molecule has 0 atom stereocenters. The number of anilines is 1. The minimum absolute atomic E-state index is 0.158. The van der Waals surface area contributed by atoms with Gasteiger partial charge < -0.3 is 11.1 Å². The lowest BCUT2D eigenvalue weighted by atomic mass is 9.97. The maximum atomic E-state index is 13.1. The molecule has 7 nitrogen and oxygen atoms in total. The second kappa shape index (κ2) is 8.49. The average molecular weight is 438 g/mol. The van der Waals surface area contributed by atoms with Crippen molar-refractivity contribution in [2.75, 3.05) is 18.4 Å². The summed E-state index contributed by atoms with van der Waals surface area (Å²) in [7, 11) is -3.62. The number of sulfonamides is 1. The molecule has 1 aliphatic rings. The first-order valence-corrected chi connectivity index (χ1v) is 11.5. The molecule has 3 aromatic rings. The van der Waals surface area contributed by atoms with Crippen LogP contribution in [-0.4, -0.2) is 37.6 Å². The summed E-state index contributed by atoms with van der Waals surface area (Å²) < 4.78 is 27.6. The summed E-state index contributed by atoms with van der Waals surface area (Å²) in [5.41, 5.74) is 6.16. The smallest absolute Gasteiger partial charge is 0.248 e. The standard InChI is InChI=1S/C23H23N3O4S/c24-22(27)17-5-8-20(9-6-17)25-23(28)18-11-13-26(14-12-18)31(29,30)21-10-7-16-3-1-2-4-19(16)15-21/h1-10,15,18H,11-14H2,(H2,24,27)(H,25,28). The fraction of sp³-hybridized carbons (Fsp3) is 0.217. The first kappa shape index (κ1) is 21.0. The molecule has 1 saturated heterocycles. The van der Waals surface area contributed by atoms with E-state index in [1.807, 2.05) is 30.3 Å². The third-order valence-electron chi connectivity index (χ3n) is 5.62. The lowest BCUT2D eigenvalue weighted by Gasteiger charge is -2.30. The van der Waals surface area contributed by atoms with Crippen LogP contribution in [0, 0.1) is 5.92 Å². The van der Waals surface area contributed by atoms with Crippen molar-refractivity contribution in [2.45, 2.75) is 17.7 Å². The van der Waals surface area contributed by atoms with Crippen LogP contribution >= 0.6 is 0 Å². The molecule has 1 aliphatic heterocycles. The van der Waals surface area contributed by atoms with Gasteiger partial charge in [-0.2, -0.15) is 4.31 Å². The quantitative estimate of drug-likeness (QED) is 0.639. The van der Waals surface area contributed by atoms with E-state index in [1.165, 1.54) is 4.31 Å². The summed E-state index contributed by atoms with van der Waals surface area (Å²) in [5, 5.41) is 4.69. The molecular formula is C23H23N3O4S. The average Bonchev–Trinajstić information content (AvgIpc) is 2.79. The maximum Gasteiger partial charge on any atom is 0.248 e. The number of primary amides is 1. The Bertz CT molecular complexity index is 1230. The number of nitrogens with zero attached hydrogens (tertiary/aromatic N) is 1. The third-order valence-corrected chi connectivity index (χ3v) is 7.52. The Kier molecular flexibility index (Phi) is 5.75. The predicted octanol–water partition coefficient (Wildman–Crippen LogP) is 2.98. The van der Waals surface area contributed by atoms with Crippen LogP contribution in [0.25, 0.3) is 10.8 Å². The monoisotopic (exact) mass is 437 g/mol. The molecule has 160 valence electrons. The van der Waals surface area contributed by atoms with E-state index in [0.29, 0.717) is 24.1 Å². The highest BCUT2D eigenvalue weighted by molar-refractivity contribution is 7.89. The summed E-state index contributed by atoms with van der Waals surface area (Å²) >= 11 is 0. The van der Waals surface area contributed by atoms with Crippen molar-refractivity contribution in [3.05, 3.63) is 72.3 Å². The fourth-order valence-electron chi connectivity index (χ4n) is 3.80. The van der Waals surface area contributed by atoms with Crippen molar-refractivity contribution in [1.29, 1.82) is 0 Å². The van der Waals surface area contributed by atoms with Crippen LogP contribution in [-0.2, 0) is 14.8 Å². The molecule has 1 heterocycles. The molecule has 8 heteroatoms. The number of fused-ring (bicyclic) bond motifs is 1. The molecular weight excluding hydrogens is 414 g/mol. The first-order chi connectivity index (χ1) is 14.8. The molecule has 0 aliphatic carbocycles. The van der Waals surface area contributed by atoms with Crippen LogP contribution in [0.5, 0.6) is 0 Å². The van der Waals surface area contributed by atoms with Crippen molar-refractivity contribution < 1.29 is 18.0 Å². The number of nitrogens with two attached hydrogens (primary N) is 1. The van der Waals surface area contributed by atoms with E-state index < -0.39 is 15.9 Å². The largest absolute Gasteiger partial charge is 0.366 e. The zero-order valence-corrected chi connectivity index (χ0v) is 17.6. The molecule has 3 N–H and O–H groups in total. The van der Waals surface area contributed by atoms with Gasteiger partial charge in [-0.05, 0) is 60.0 Å². The Morgan fingerprint density at radius 1 is 0.903 bits per heavy atom. The Balaban J connectivity index is 1.40. The van der Waals surface area contributed by atoms with Gasteiger partial charge >= 0.3 is 0 Å². The Hall–Kier alpha value is -3.23. The van der Waals surface area contributed by atoms with E-state index in [-0.39, 0.29) is 29.8 Å². The van der Waals surface area contributed by atoms with Gasteiger partial charge in [0, 0.05) is 30.3 Å². The van der Waals surface area contributed by atoms with Gasteiger partial charge in [-0.1, -0.05) is 30.3 Å². The SMILES string of the molecule is NC(=O)c1ccc(NC(=O)C2CCN(S(=O)(=O)c3ccc4ccccc4c3)CC2)cc1.